The molecule has 6 rings (SSSR count). The van der Waals surface area contributed by atoms with Crippen molar-refractivity contribution < 1.29 is 44.5 Å². The molecule has 2 aliphatic heterocycles. The van der Waals surface area contributed by atoms with Gasteiger partial charge in [-0.15, -0.1) is 0 Å². The van der Waals surface area contributed by atoms with Crippen LogP contribution in [0.15, 0.2) is 23.8 Å². The normalized spacial score (nSPS) is 29.9. The molecule has 6 heterocycles. The predicted octanol–water partition coefficient (Wildman–Crippen LogP) is 0.0333. The lowest BCUT2D eigenvalue weighted by atomic mass is 10.1. The fourth-order valence-electron chi connectivity index (χ4n) is 5.22. The second kappa shape index (κ2) is 12.0. The maximum atomic E-state index is 15.8. The summed E-state index contributed by atoms with van der Waals surface area (Å²) in [6, 6.07) is 0. The third-order valence-corrected chi connectivity index (χ3v) is 9.33. The van der Waals surface area contributed by atoms with Gasteiger partial charge in [0.25, 0.3) is 5.56 Å². The van der Waals surface area contributed by atoms with Crippen LogP contribution >= 0.6 is 19.0 Å². The van der Waals surface area contributed by atoms with Crippen molar-refractivity contribution in [2.24, 2.45) is 5.14 Å². The molecular weight excluding hydrogens is 683 g/mol. The highest BCUT2D eigenvalue weighted by Crippen LogP contribution is 2.57. The molecule has 9 atom stereocenters. The summed E-state index contributed by atoms with van der Waals surface area (Å²) in [5.74, 6) is -0.251. The highest BCUT2D eigenvalue weighted by atomic mass is 32.7. The van der Waals surface area contributed by atoms with Crippen LogP contribution in [0.3, 0.4) is 0 Å². The first-order valence-corrected chi connectivity index (χ1v) is 17.4. The van der Waals surface area contributed by atoms with Crippen LogP contribution in [-0.2, 0) is 37.6 Å². The molecule has 2 fully saturated rings. The van der Waals surface area contributed by atoms with Gasteiger partial charge in [-0.3, -0.25) is 28.0 Å². The molecule has 20 nitrogen and oxygen atoms in total. The zero-order chi connectivity index (χ0) is 33.1. The van der Waals surface area contributed by atoms with Crippen LogP contribution < -0.4 is 22.2 Å². The van der Waals surface area contributed by atoms with Crippen molar-refractivity contribution >= 4 is 63.4 Å². The maximum absolute atomic E-state index is 15.8. The first kappa shape index (κ1) is 32.6. The fraction of sp³-hybridized carbons (Fsp3) is 0.524. The Balaban J connectivity index is 1.19. The Hall–Kier alpha value is -3.35. The summed E-state index contributed by atoms with van der Waals surface area (Å²) < 4.78 is 97.6. The summed E-state index contributed by atoms with van der Waals surface area (Å²) in [6.45, 7) is -3.65. The number of fused-ring (bicyclic) bond motifs is 2. The number of halogens is 2. The number of hydrogen-bond donors (Lipinski definition) is 5. The average Bonchev–Trinajstić information content (AvgIpc) is 3.73. The van der Waals surface area contributed by atoms with Crippen LogP contribution in [0.25, 0.3) is 22.3 Å². The Morgan fingerprint density at radius 3 is 2.39 bits per heavy atom. The van der Waals surface area contributed by atoms with Crippen molar-refractivity contribution in [1.29, 1.82) is 0 Å². The summed E-state index contributed by atoms with van der Waals surface area (Å²) in [5.41, 5.74) is 10.7. The van der Waals surface area contributed by atoms with E-state index < -0.39 is 78.5 Å². The van der Waals surface area contributed by atoms with Crippen LogP contribution in [0.5, 0.6) is 0 Å². The van der Waals surface area contributed by atoms with E-state index in [2.05, 4.69) is 42.2 Å². The predicted molar refractivity (Wildman–Crippen MR) is 156 cm³/mol. The van der Waals surface area contributed by atoms with E-state index in [1.54, 1.807) is 6.92 Å². The number of thiol groups is 1. The molecular formula is C21H26F2N11O9PS2. The van der Waals surface area contributed by atoms with E-state index in [1.807, 2.05) is 0 Å². The standard InChI is InChI=1S/C21H26F2N11O9PS2/c1-2-7-13(10(23)19(40-7)33-5-29-11-15(24)27-4-28-16(11)33)42-44(36,45)39-3-8-9(22)14(43-46(26,37)38)20(41-8)34-6-30-12-17(34)31-21(25)32-18(12)35/h4-10,13-14,19-20H,2-3H2,1H3,(H,36,45)(H2,24,27,28)(H2,26,37,38)(H3,25,31,32,35)/t7?,8-,9-,10-,13-,14-,19-,20-,44?/m1/s1. The second-order valence-electron chi connectivity index (χ2n) is 10.2. The van der Waals surface area contributed by atoms with Gasteiger partial charge in [-0.05, 0) is 6.42 Å². The molecule has 2 saturated heterocycles. The lowest BCUT2D eigenvalue weighted by molar-refractivity contribution is -0.0444. The largest absolute Gasteiger partial charge is 0.386 e. The van der Waals surface area contributed by atoms with Crippen molar-refractivity contribution in [2.75, 3.05) is 18.1 Å². The number of rotatable bonds is 10. The van der Waals surface area contributed by atoms with Crippen molar-refractivity contribution in [3.63, 3.8) is 0 Å². The zero-order valence-electron chi connectivity index (χ0n) is 23.4. The van der Waals surface area contributed by atoms with E-state index in [9.17, 15) is 17.8 Å². The molecule has 0 saturated carbocycles. The van der Waals surface area contributed by atoms with Crippen LogP contribution in [0.1, 0.15) is 25.8 Å². The molecule has 4 aromatic rings. The van der Waals surface area contributed by atoms with Gasteiger partial charge < -0.3 is 20.9 Å². The molecule has 2 aliphatic rings. The molecule has 0 radical (unpaired) electrons. The molecule has 0 aliphatic carbocycles. The summed E-state index contributed by atoms with van der Waals surface area (Å²) in [6.07, 6.45) is -9.53. The number of aromatic nitrogens is 8. The van der Waals surface area contributed by atoms with Gasteiger partial charge in [0.1, 0.15) is 24.1 Å². The number of H-pyrrole nitrogens is 1. The average molecular weight is 710 g/mol. The van der Waals surface area contributed by atoms with Gasteiger partial charge in [0.05, 0.1) is 25.4 Å². The molecule has 0 spiro atoms. The van der Waals surface area contributed by atoms with E-state index in [4.69, 9.17) is 39.3 Å². The Kier molecular flexibility index (Phi) is 8.52. The fourth-order valence-corrected chi connectivity index (χ4v) is 7.21. The molecule has 25 heteroatoms. The number of ether oxygens (including phenoxy) is 2. The van der Waals surface area contributed by atoms with Gasteiger partial charge in [-0.2, -0.15) is 13.4 Å². The molecule has 7 N–H and O–H groups in total. The molecule has 46 heavy (non-hydrogen) atoms. The third kappa shape index (κ3) is 6.06. The molecule has 0 amide bonds. The molecule has 0 aromatic carbocycles. The number of anilines is 2. The van der Waals surface area contributed by atoms with Crippen molar-refractivity contribution in [3.8, 4) is 0 Å². The van der Waals surface area contributed by atoms with E-state index in [0.717, 1.165) is 10.9 Å². The number of nitrogens with one attached hydrogen (secondary N) is 1. The van der Waals surface area contributed by atoms with Gasteiger partial charge in [0.2, 0.25) is 5.95 Å². The number of nitrogens with zero attached hydrogens (tertiary/aromatic N) is 7. The Morgan fingerprint density at radius 2 is 1.70 bits per heavy atom. The number of alkyl halides is 2. The minimum atomic E-state index is -4.75. The van der Waals surface area contributed by atoms with E-state index in [-0.39, 0.29) is 40.5 Å². The Morgan fingerprint density at radius 1 is 1.02 bits per heavy atom. The molecule has 2 unspecified atom stereocenters. The zero-order valence-corrected chi connectivity index (χ0v) is 26.0. The SMILES string of the molecule is CCC1O[C@@H](n2cnc3c(N)ncnc32)[C@H](F)[C@@H]1OP(=O)(S)OC[C@H]1O[C@@H](n2cnc3c(=O)[nH]c(N)nc32)[C@H](OS(N)(=O)=O)[C@@H]1F. The molecule has 4 aromatic heterocycles. The second-order valence-corrected chi connectivity index (χ2v) is 14.2. The monoisotopic (exact) mass is 709 g/mol. The maximum Gasteiger partial charge on any atom is 0.386 e. The summed E-state index contributed by atoms with van der Waals surface area (Å²) >= 11 is 3.94. The molecule has 250 valence electrons. The number of nitrogen functional groups attached to an aromatic ring is 2. The summed E-state index contributed by atoms with van der Waals surface area (Å²) in [5, 5.41) is 5.00. The van der Waals surface area contributed by atoms with Gasteiger partial charge in [-0.25, -0.2) is 42.6 Å². The third-order valence-electron chi connectivity index (χ3n) is 7.22. The topological polar surface area (TPSA) is 283 Å². The highest BCUT2D eigenvalue weighted by molar-refractivity contribution is 8.44. The number of hydrogen-bond acceptors (Lipinski definition) is 16. The summed E-state index contributed by atoms with van der Waals surface area (Å²) in [7, 11) is -4.75. The number of aromatic amines is 1. The van der Waals surface area contributed by atoms with Crippen molar-refractivity contribution in [1.82, 2.24) is 39.0 Å². The van der Waals surface area contributed by atoms with Gasteiger partial charge in [-0.1, -0.05) is 19.2 Å². The highest BCUT2D eigenvalue weighted by Gasteiger charge is 2.52. The minimum absolute atomic E-state index is 0.0692. The van der Waals surface area contributed by atoms with Crippen LogP contribution in [0.2, 0.25) is 0 Å². The quantitative estimate of drug-likeness (QED) is 0.107. The van der Waals surface area contributed by atoms with Crippen molar-refractivity contribution in [2.45, 2.75) is 62.6 Å². The number of imidazole rings is 2. The smallest absolute Gasteiger partial charge is 0.382 e. The van der Waals surface area contributed by atoms with Gasteiger partial charge in [0, 0.05) is 0 Å². The van der Waals surface area contributed by atoms with Crippen LogP contribution in [-0.4, -0.2) is 90.8 Å². The summed E-state index contributed by atoms with van der Waals surface area (Å²) in [4.78, 5) is 34.3. The lowest BCUT2D eigenvalue weighted by Crippen LogP contribution is -2.36. The molecule has 0 bridgehead atoms. The van der Waals surface area contributed by atoms with Crippen LogP contribution in [0, 0.1) is 0 Å². The van der Waals surface area contributed by atoms with E-state index in [1.165, 1.54) is 17.2 Å². The Labute approximate surface area is 261 Å². The van der Waals surface area contributed by atoms with E-state index >= 15 is 8.78 Å². The van der Waals surface area contributed by atoms with E-state index in [0.29, 0.717) is 0 Å². The lowest BCUT2D eigenvalue weighted by Gasteiger charge is -2.23. The number of nitrogens with two attached hydrogens (primary N) is 3. The van der Waals surface area contributed by atoms with Gasteiger partial charge in [0.15, 0.2) is 53.5 Å². The Bertz CT molecular complexity index is 2000. The first-order chi connectivity index (χ1) is 21.7. The first-order valence-electron chi connectivity index (χ1n) is 13.3. The van der Waals surface area contributed by atoms with Gasteiger partial charge >= 0.3 is 17.1 Å². The van der Waals surface area contributed by atoms with Crippen LogP contribution in [0.4, 0.5) is 20.5 Å². The van der Waals surface area contributed by atoms with Crippen molar-refractivity contribution in [3.05, 3.63) is 29.3 Å². The minimum Gasteiger partial charge on any atom is -0.382 e.